The molecule has 0 aromatic rings. The van der Waals surface area contributed by atoms with E-state index in [1.807, 2.05) is 6.92 Å². The van der Waals surface area contributed by atoms with Crippen LogP contribution in [0.5, 0.6) is 0 Å². The monoisotopic (exact) mass is 718 g/mol. The van der Waals surface area contributed by atoms with Crippen molar-refractivity contribution in [3.05, 3.63) is 45.3 Å². The number of cyclic esters (lactones) is 3. The molecule has 2 bridgehead atoms. The average molecular weight is 719 g/mol. The number of esters is 5. The molecule has 0 aromatic heterocycles. The SMILES string of the molecule is CC1=C2C3=C4[C@@](C)(C(=O)[C@@]2(O)OC1=O)[C@@H]1C[C@@H]1[C@@]4(O)CC1[C@]32OC(=O)C3=C2CC2[C@]1(C)[C@@H]1C[C@@H]1[C@@]2(O)COC(=O)/C(C)=C\OC(=O)CCC(=O)OC3. The van der Waals surface area contributed by atoms with E-state index in [0.717, 1.165) is 6.26 Å². The van der Waals surface area contributed by atoms with Gasteiger partial charge in [0.05, 0.1) is 35.0 Å². The van der Waals surface area contributed by atoms with Crippen LogP contribution in [0.2, 0.25) is 0 Å². The van der Waals surface area contributed by atoms with E-state index >= 15 is 0 Å². The maximum Gasteiger partial charge on any atom is 0.338 e. The van der Waals surface area contributed by atoms with Crippen LogP contribution < -0.4 is 0 Å². The van der Waals surface area contributed by atoms with Gasteiger partial charge in [-0.1, -0.05) is 6.92 Å². The molecule has 3 aliphatic heterocycles. The van der Waals surface area contributed by atoms with Crippen LogP contribution in [0.3, 0.4) is 0 Å². The molecule has 12 atom stereocenters. The number of fused-ring (bicyclic) bond motifs is 9. The second-order valence-electron chi connectivity index (χ2n) is 17.1. The summed E-state index contributed by atoms with van der Waals surface area (Å²) in [6.07, 6.45) is 1.27. The van der Waals surface area contributed by atoms with Crippen molar-refractivity contribution in [1.29, 1.82) is 0 Å². The van der Waals surface area contributed by atoms with Gasteiger partial charge in [0.15, 0.2) is 5.60 Å². The summed E-state index contributed by atoms with van der Waals surface area (Å²) in [6, 6.07) is 0. The molecule has 7 aliphatic carbocycles. The molecular weight excluding hydrogens is 680 g/mol. The zero-order chi connectivity index (χ0) is 36.9. The molecule has 3 heterocycles. The van der Waals surface area contributed by atoms with Gasteiger partial charge >= 0.3 is 29.8 Å². The average Bonchev–Trinajstić information content (AvgIpc) is 4.00. The molecule has 14 nitrogen and oxygen atoms in total. The number of ether oxygens (including phenoxy) is 5. The summed E-state index contributed by atoms with van der Waals surface area (Å²) < 4.78 is 28.4. The maximum atomic E-state index is 14.5. The fourth-order valence-corrected chi connectivity index (χ4v) is 12.8. The van der Waals surface area contributed by atoms with Gasteiger partial charge in [-0.15, -0.1) is 0 Å². The minimum Gasteiger partial charge on any atom is -0.461 e. The molecule has 52 heavy (non-hydrogen) atoms. The van der Waals surface area contributed by atoms with Crippen molar-refractivity contribution in [2.75, 3.05) is 13.2 Å². The van der Waals surface area contributed by atoms with Gasteiger partial charge in [0.2, 0.25) is 5.78 Å². The molecule has 1 spiro atoms. The zero-order valence-electron chi connectivity index (χ0n) is 29.0. The highest BCUT2D eigenvalue weighted by molar-refractivity contribution is 6.10. The van der Waals surface area contributed by atoms with Crippen LogP contribution in [0.4, 0.5) is 0 Å². The van der Waals surface area contributed by atoms with Gasteiger partial charge in [-0.2, -0.15) is 0 Å². The first-order chi connectivity index (χ1) is 24.4. The Morgan fingerprint density at radius 3 is 2.23 bits per heavy atom. The molecular formula is C38H38O14. The standard InChI is InChI=1S/C38H38O14/c1-14-11-48-24(39)5-6-25(40)49-12-16-17-9-22-33(3,18-7-21(18)36(22,46)13-50-29(14)41)23-10-35(45)20-8-19(20)34(4)28(35)27(37(17,23)51-31(16)43)26-15(2)30(42)52-38(26,47)32(34)44/h11,18-23,45-47H,5-10,12-13H2,1-4H3/b14-11-/t18-,19-,20+,21+,22?,23?,33+,34+,35+,36+,37+,38+/m1/s1. The van der Waals surface area contributed by atoms with Crippen LogP contribution in [0.1, 0.15) is 66.2 Å². The van der Waals surface area contributed by atoms with Gasteiger partial charge < -0.3 is 39.0 Å². The highest BCUT2D eigenvalue weighted by Crippen LogP contribution is 2.84. The first-order valence-electron chi connectivity index (χ1n) is 18.0. The van der Waals surface area contributed by atoms with E-state index in [1.165, 1.54) is 13.8 Å². The van der Waals surface area contributed by atoms with Crippen LogP contribution in [-0.2, 0) is 52.5 Å². The first kappa shape index (κ1) is 32.5. The lowest BCUT2D eigenvalue weighted by Crippen LogP contribution is -2.68. The predicted octanol–water partition coefficient (Wildman–Crippen LogP) is 1.16. The lowest BCUT2D eigenvalue weighted by atomic mass is 9.42. The van der Waals surface area contributed by atoms with Crippen LogP contribution in [-0.4, -0.2) is 86.8 Å². The first-order valence-corrected chi connectivity index (χ1v) is 18.0. The highest BCUT2D eigenvalue weighted by atomic mass is 16.7. The van der Waals surface area contributed by atoms with Crippen LogP contribution in [0.15, 0.2) is 45.3 Å². The Labute approximate surface area is 296 Å². The Morgan fingerprint density at radius 2 is 1.48 bits per heavy atom. The van der Waals surface area contributed by atoms with Gasteiger partial charge in [-0.3, -0.25) is 14.4 Å². The smallest absolute Gasteiger partial charge is 0.338 e. The summed E-state index contributed by atoms with van der Waals surface area (Å²) in [5.74, 6) is -10.3. The molecule has 10 aliphatic rings. The van der Waals surface area contributed by atoms with E-state index in [9.17, 15) is 44.1 Å². The number of ketones is 1. The van der Waals surface area contributed by atoms with Crippen LogP contribution in [0.25, 0.3) is 0 Å². The Kier molecular flexibility index (Phi) is 5.82. The summed E-state index contributed by atoms with van der Waals surface area (Å²) in [5.41, 5.74) is -6.66. The molecule has 0 aromatic carbocycles. The minimum absolute atomic E-state index is 0.00930. The third-order valence-electron chi connectivity index (χ3n) is 15.1. The van der Waals surface area contributed by atoms with E-state index in [2.05, 4.69) is 0 Å². The number of hydrogen-bond donors (Lipinski definition) is 3. The minimum atomic E-state index is -2.70. The van der Waals surface area contributed by atoms with Crippen LogP contribution in [0, 0.1) is 46.3 Å². The summed E-state index contributed by atoms with van der Waals surface area (Å²) in [6.45, 7) is 5.52. The number of carbonyl (C=O) groups is 6. The van der Waals surface area contributed by atoms with Crippen molar-refractivity contribution in [2.45, 2.75) is 88.8 Å². The molecule has 2 unspecified atom stereocenters. The summed E-state index contributed by atoms with van der Waals surface area (Å²) in [5, 5.41) is 37.9. The molecule has 5 fully saturated rings. The number of Topliss-reactive ketones (excluding diaryl/α,β-unsaturated/α-hetero) is 1. The molecule has 0 radical (unpaired) electrons. The van der Waals surface area contributed by atoms with Crippen molar-refractivity contribution in [1.82, 2.24) is 0 Å². The third kappa shape index (κ3) is 3.35. The van der Waals surface area contributed by atoms with Gasteiger partial charge in [-0.25, -0.2) is 14.4 Å². The number of rotatable bonds is 0. The number of carbonyl (C=O) groups excluding carboxylic acids is 6. The summed E-state index contributed by atoms with van der Waals surface area (Å²) in [7, 11) is 0. The number of aliphatic hydroxyl groups is 3. The van der Waals surface area contributed by atoms with Gasteiger partial charge in [0.25, 0.3) is 5.79 Å². The second kappa shape index (κ2) is 9.31. The molecule has 0 amide bonds. The third-order valence-corrected chi connectivity index (χ3v) is 15.1. The van der Waals surface area contributed by atoms with Crippen LogP contribution >= 0.6 is 0 Å². The van der Waals surface area contributed by atoms with E-state index in [4.69, 9.17) is 23.7 Å². The van der Waals surface area contributed by atoms with E-state index < -0.39 is 101 Å². The molecule has 0 saturated heterocycles. The van der Waals surface area contributed by atoms with Gasteiger partial charge in [0.1, 0.15) is 25.1 Å². The van der Waals surface area contributed by atoms with Crippen molar-refractivity contribution in [3.63, 3.8) is 0 Å². The predicted molar refractivity (Wildman–Crippen MR) is 168 cm³/mol. The van der Waals surface area contributed by atoms with Gasteiger partial charge in [0, 0.05) is 28.6 Å². The molecule has 3 N–H and O–H groups in total. The largest absolute Gasteiger partial charge is 0.461 e. The Morgan fingerprint density at radius 1 is 0.769 bits per heavy atom. The van der Waals surface area contributed by atoms with Crippen molar-refractivity contribution >= 4 is 35.6 Å². The zero-order valence-corrected chi connectivity index (χ0v) is 29.0. The van der Waals surface area contributed by atoms with Crippen molar-refractivity contribution in [3.8, 4) is 0 Å². The molecule has 5 saturated carbocycles. The molecule has 10 rings (SSSR count). The quantitative estimate of drug-likeness (QED) is 0.237. The maximum absolute atomic E-state index is 14.5. The Bertz CT molecular complexity index is 2050. The van der Waals surface area contributed by atoms with Gasteiger partial charge in [-0.05, 0) is 86.7 Å². The second-order valence-corrected chi connectivity index (χ2v) is 17.1. The summed E-state index contributed by atoms with van der Waals surface area (Å²) >= 11 is 0. The molecule has 14 heteroatoms. The van der Waals surface area contributed by atoms with E-state index in [0.29, 0.717) is 24.0 Å². The Hall–Kier alpha value is -4.14. The normalized spacial score (nSPS) is 50.8. The fraction of sp³-hybridized carbons (Fsp3) is 0.632. The fourth-order valence-electron chi connectivity index (χ4n) is 12.8. The number of hydrogen-bond acceptors (Lipinski definition) is 14. The topological polar surface area (TPSA) is 209 Å². The lowest BCUT2D eigenvalue weighted by Gasteiger charge is -2.63. The van der Waals surface area contributed by atoms with E-state index in [-0.39, 0.29) is 70.8 Å². The summed E-state index contributed by atoms with van der Waals surface area (Å²) in [4.78, 5) is 80.5. The van der Waals surface area contributed by atoms with Crippen molar-refractivity contribution in [2.24, 2.45) is 46.3 Å². The Balaban J connectivity index is 1.23. The highest BCUT2D eigenvalue weighted by Gasteiger charge is 2.87. The lowest BCUT2D eigenvalue weighted by molar-refractivity contribution is -0.202. The molecule has 274 valence electrons. The van der Waals surface area contributed by atoms with Crippen molar-refractivity contribution < 1.29 is 67.8 Å². The van der Waals surface area contributed by atoms with E-state index in [1.54, 1.807) is 6.92 Å².